The van der Waals surface area contributed by atoms with E-state index in [1.807, 2.05) is 0 Å². The summed E-state index contributed by atoms with van der Waals surface area (Å²) in [6, 6.07) is 13.1. The van der Waals surface area contributed by atoms with E-state index >= 15 is 0 Å². The van der Waals surface area contributed by atoms with Gasteiger partial charge in [0.25, 0.3) is 0 Å². The normalized spacial score (nSPS) is 14.8. The first-order valence-electron chi connectivity index (χ1n) is 8.18. The number of allylic oxidation sites excluding steroid dienone is 4. The van der Waals surface area contributed by atoms with E-state index in [4.69, 9.17) is 0 Å². The minimum atomic E-state index is 0. The molecular weight excluding hydrogens is 515 g/mol. The third-order valence-corrected chi connectivity index (χ3v) is 4.87. The summed E-state index contributed by atoms with van der Waals surface area (Å²) in [5.41, 5.74) is 5.84. The zero-order valence-electron chi connectivity index (χ0n) is 16.3. The van der Waals surface area contributed by atoms with Gasteiger partial charge in [0, 0.05) is 0 Å². The van der Waals surface area contributed by atoms with Crippen LogP contribution in [0.5, 0.6) is 0 Å². The monoisotopic (exact) mass is 540 g/mol. The summed E-state index contributed by atoms with van der Waals surface area (Å²) in [6.45, 7) is 15.4. The van der Waals surface area contributed by atoms with Crippen molar-refractivity contribution in [2.75, 3.05) is 0 Å². The van der Waals surface area contributed by atoms with Crippen molar-refractivity contribution in [3.05, 3.63) is 64.8 Å². The van der Waals surface area contributed by atoms with Crippen molar-refractivity contribution < 1.29 is 60.2 Å². The third kappa shape index (κ3) is 6.67. The van der Waals surface area contributed by atoms with E-state index in [0.717, 1.165) is 0 Å². The molecule has 0 N–H and O–H groups in total. The van der Waals surface area contributed by atoms with E-state index in [2.05, 4.69) is 90.9 Å². The predicted molar refractivity (Wildman–Crippen MR) is 98.2 cm³/mol. The Morgan fingerprint density at radius 2 is 1.56 bits per heavy atom. The number of hydrogen-bond acceptors (Lipinski definition) is 0. The van der Waals surface area contributed by atoms with Gasteiger partial charge in [0.15, 0.2) is 0 Å². The molecule has 0 fully saturated rings. The van der Waals surface area contributed by atoms with Gasteiger partial charge in [-0.15, -0.1) is 47.5 Å². The van der Waals surface area contributed by atoms with Crippen LogP contribution < -0.4 is 34.0 Å². The average Bonchev–Trinajstić information content (AvgIpc) is 2.96. The minimum Gasteiger partial charge on any atom is -1.00 e. The summed E-state index contributed by atoms with van der Waals surface area (Å²) in [7, 11) is 0. The van der Waals surface area contributed by atoms with Crippen LogP contribution in [0.25, 0.3) is 10.8 Å². The van der Waals surface area contributed by atoms with Crippen LogP contribution in [0.15, 0.2) is 53.1 Å². The second-order valence-electron chi connectivity index (χ2n) is 7.20. The SMILES string of the molecule is CC(C)c1cc2ccccc2[cH-]1.CC1=[C-]C(C)(C)C(C)=C1C.[Br-].[Br-].[Zr+4]. The van der Waals surface area contributed by atoms with Crippen LogP contribution in [0.4, 0.5) is 0 Å². The van der Waals surface area contributed by atoms with E-state index in [1.165, 1.54) is 33.1 Å². The summed E-state index contributed by atoms with van der Waals surface area (Å²) >= 11 is 0. The van der Waals surface area contributed by atoms with Gasteiger partial charge in [-0.3, -0.25) is 6.08 Å². The van der Waals surface area contributed by atoms with E-state index < -0.39 is 0 Å². The molecule has 0 unspecified atom stereocenters. The van der Waals surface area contributed by atoms with Crippen LogP contribution in [0.3, 0.4) is 0 Å². The molecule has 0 amide bonds. The molecule has 0 heterocycles. The first-order chi connectivity index (χ1) is 10.2. The molecule has 25 heavy (non-hydrogen) atoms. The Bertz CT molecular complexity index is 700. The summed E-state index contributed by atoms with van der Waals surface area (Å²) in [5.74, 6) is 0.636. The number of fused-ring (bicyclic) bond motifs is 1. The minimum absolute atomic E-state index is 0. The quantitative estimate of drug-likeness (QED) is 0.468. The fourth-order valence-corrected chi connectivity index (χ4v) is 2.91. The topological polar surface area (TPSA) is 0 Å². The molecule has 0 radical (unpaired) electrons. The van der Waals surface area contributed by atoms with E-state index in [-0.39, 0.29) is 65.6 Å². The molecule has 0 nitrogen and oxygen atoms in total. The zero-order valence-corrected chi connectivity index (χ0v) is 21.9. The van der Waals surface area contributed by atoms with Crippen LogP contribution in [0, 0.1) is 11.5 Å². The molecule has 3 rings (SSSR count). The fourth-order valence-electron chi connectivity index (χ4n) is 2.91. The van der Waals surface area contributed by atoms with Gasteiger partial charge in [-0.1, -0.05) is 53.0 Å². The molecule has 0 atom stereocenters. The molecule has 2 aromatic carbocycles. The number of rotatable bonds is 1. The number of benzene rings is 1. The van der Waals surface area contributed by atoms with Crippen LogP contribution in [0.1, 0.15) is 59.9 Å². The van der Waals surface area contributed by atoms with Crippen molar-refractivity contribution in [1.29, 1.82) is 0 Å². The Labute approximate surface area is 194 Å². The second kappa shape index (κ2) is 11.1. The first-order valence-corrected chi connectivity index (χ1v) is 8.18. The molecule has 0 aliphatic heterocycles. The van der Waals surface area contributed by atoms with Gasteiger partial charge in [-0.05, 0) is 5.92 Å². The molecule has 1 aliphatic rings. The molecule has 0 saturated carbocycles. The predicted octanol–water partition coefficient (Wildman–Crippen LogP) is 0.800. The standard InChI is InChI=1S/C12H13.C10H15.2BrH.Zr/c1-9(2)12-7-10-5-3-4-6-11(10)8-12;1-7-6-10(4,5)9(3)8(7)2;;;/h3-9H,1-2H3;1-5H3;2*1H;/q2*-1;;;+4/p-2. The molecule has 0 aromatic heterocycles. The van der Waals surface area contributed by atoms with Crippen molar-refractivity contribution in [1.82, 2.24) is 0 Å². The summed E-state index contributed by atoms with van der Waals surface area (Å²) < 4.78 is 0. The fraction of sp³-hybridized carbons (Fsp3) is 0.409. The second-order valence-corrected chi connectivity index (χ2v) is 7.20. The van der Waals surface area contributed by atoms with Crippen molar-refractivity contribution in [3.8, 4) is 0 Å². The Kier molecular flexibility index (Phi) is 12.2. The van der Waals surface area contributed by atoms with Gasteiger partial charge in [-0.25, -0.2) is 5.57 Å². The Morgan fingerprint density at radius 1 is 1.00 bits per heavy atom. The van der Waals surface area contributed by atoms with E-state index in [9.17, 15) is 0 Å². The summed E-state index contributed by atoms with van der Waals surface area (Å²) in [4.78, 5) is 0. The molecule has 0 spiro atoms. The maximum absolute atomic E-state index is 3.44. The Hall–Kier alpha value is 0.153. The maximum Gasteiger partial charge on any atom is 4.00 e. The molecule has 0 saturated heterocycles. The number of hydrogen-bond donors (Lipinski definition) is 0. The molecule has 134 valence electrons. The average molecular weight is 543 g/mol. The molecule has 0 bridgehead atoms. The van der Waals surface area contributed by atoms with Crippen LogP contribution in [-0.2, 0) is 26.2 Å². The summed E-state index contributed by atoms with van der Waals surface area (Å²) in [5, 5.41) is 2.72. The van der Waals surface area contributed by atoms with E-state index in [0.29, 0.717) is 5.92 Å². The largest absolute Gasteiger partial charge is 4.00 e. The van der Waals surface area contributed by atoms with Gasteiger partial charge in [0.2, 0.25) is 0 Å². The Balaban J connectivity index is 0. The van der Waals surface area contributed by atoms with Crippen molar-refractivity contribution in [2.24, 2.45) is 5.41 Å². The number of halogens is 2. The van der Waals surface area contributed by atoms with Crippen LogP contribution >= 0.6 is 0 Å². The van der Waals surface area contributed by atoms with Gasteiger partial charge in [0.1, 0.15) is 0 Å². The molecular formula is C22H28Br2Zr. The van der Waals surface area contributed by atoms with Gasteiger partial charge < -0.3 is 34.0 Å². The maximum atomic E-state index is 3.44. The van der Waals surface area contributed by atoms with Gasteiger partial charge in [0.05, 0.1) is 0 Å². The zero-order chi connectivity index (χ0) is 16.5. The van der Waals surface area contributed by atoms with Crippen molar-refractivity contribution >= 4 is 10.8 Å². The third-order valence-electron chi connectivity index (χ3n) is 4.87. The molecule has 1 aliphatic carbocycles. The summed E-state index contributed by atoms with van der Waals surface area (Å²) in [6.07, 6.45) is 3.44. The van der Waals surface area contributed by atoms with Gasteiger partial charge >= 0.3 is 26.2 Å². The first kappa shape index (κ1) is 27.4. The molecule has 2 aromatic rings. The van der Waals surface area contributed by atoms with Crippen LogP contribution in [-0.4, -0.2) is 0 Å². The Morgan fingerprint density at radius 3 is 1.92 bits per heavy atom. The van der Waals surface area contributed by atoms with Crippen molar-refractivity contribution in [2.45, 2.75) is 54.4 Å². The van der Waals surface area contributed by atoms with Crippen molar-refractivity contribution in [3.63, 3.8) is 0 Å². The van der Waals surface area contributed by atoms with Crippen LogP contribution in [0.2, 0.25) is 0 Å². The van der Waals surface area contributed by atoms with Gasteiger partial charge in [-0.2, -0.15) is 17.2 Å². The smallest absolute Gasteiger partial charge is 1.00 e. The van der Waals surface area contributed by atoms with E-state index in [1.54, 1.807) is 0 Å². The molecule has 3 heteroatoms.